The molecule has 0 saturated heterocycles. The van der Waals surface area contributed by atoms with Crippen LogP contribution in [0.4, 0.5) is 0 Å². The molecule has 3 rings (SSSR count). The lowest BCUT2D eigenvalue weighted by atomic mass is 10.1. The molecule has 0 amide bonds. The van der Waals surface area contributed by atoms with Crippen molar-refractivity contribution in [3.63, 3.8) is 0 Å². The Kier molecular flexibility index (Phi) is 5.04. The first-order valence-corrected chi connectivity index (χ1v) is 8.45. The standard InChI is InChI=1S/C21H21NO3/c1-15-11-20(25-14-16(2)23)12-21(24)22(15)13-19-9-7-18(8-10-19)6-5-17-3-4-17/h7-12,17H,3-4,13-14H2,1-2H3. The van der Waals surface area contributed by atoms with E-state index in [1.165, 1.54) is 25.8 Å². The molecule has 1 aromatic carbocycles. The first-order chi connectivity index (χ1) is 12.0. The van der Waals surface area contributed by atoms with E-state index in [9.17, 15) is 9.59 Å². The largest absolute Gasteiger partial charge is 0.486 e. The summed E-state index contributed by atoms with van der Waals surface area (Å²) in [5.74, 6) is 7.37. The molecule has 1 aromatic heterocycles. The minimum atomic E-state index is -0.142. The van der Waals surface area contributed by atoms with E-state index in [2.05, 4.69) is 11.8 Å². The highest BCUT2D eigenvalue weighted by Crippen LogP contribution is 2.27. The van der Waals surface area contributed by atoms with E-state index in [0.717, 1.165) is 16.8 Å². The first-order valence-electron chi connectivity index (χ1n) is 8.45. The highest BCUT2D eigenvalue weighted by Gasteiger charge is 2.17. The molecule has 2 aromatic rings. The van der Waals surface area contributed by atoms with Crippen molar-refractivity contribution >= 4 is 5.78 Å². The summed E-state index contributed by atoms with van der Waals surface area (Å²) in [5.41, 5.74) is 2.70. The van der Waals surface area contributed by atoms with E-state index in [-0.39, 0.29) is 17.9 Å². The van der Waals surface area contributed by atoms with Crippen molar-refractivity contribution in [1.82, 2.24) is 4.57 Å². The predicted octanol–water partition coefficient (Wildman–Crippen LogP) is 2.93. The van der Waals surface area contributed by atoms with Crippen LogP contribution in [0.2, 0.25) is 0 Å². The van der Waals surface area contributed by atoms with Crippen LogP contribution in [0, 0.1) is 24.7 Å². The molecular weight excluding hydrogens is 314 g/mol. The van der Waals surface area contributed by atoms with Gasteiger partial charge in [0.2, 0.25) is 0 Å². The molecular formula is C21H21NO3. The fraction of sp³-hybridized carbons (Fsp3) is 0.333. The second-order valence-corrected chi connectivity index (χ2v) is 6.49. The van der Waals surface area contributed by atoms with Crippen molar-refractivity contribution in [3.05, 3.63) is 63.6 Å². The number of ether oxygens (including phenoxy) is 1. The molecule has 4 nitrogen and oxygen atoms in total. The van der Waals surface area contributed by atoms with E-state index in [0.29, 0.717) is 18.2 Å². The molecule has 25 heavy (non-hydrogen) atoms. The Morgan fingerprint density at radius 3 is 2.56 bits per heavy atom. The van der Waals surface area contributed by atoms with E-state index < -0.39 is 0 Å². The zero-order chi connectivity index (χ0) is 17.8. The van der Waals surface area contributed by atoms with Crippen LogP contribution in [0.3, 0.4) is 0 Å². The monoisotopic (exact) mass is 335 g/mol. The van der Waals surface area contributed by atoms with Crippen molar-refractivity contribution < 1.29 is 9.53 Å². The fourth-order valence-electron chi connectivity index (χ4n) is 2.46. The predicted molar refractivity (Wildman–Crippen MR) is 96.8 cm³/mol. The number of rotatable bonds is 5. The van der Waals surface area contributed by atoms with Gasteiger partial charge >= 0.3 is 0 Å². The van der Waals surface area contributed by atoms with Crippen molar-refractivity contribution in [2.24, 2.45) is 5.92 Å². The van der Waals surface area contributed by atoms with Crippen molar-refractivity contribution in [2.45, 2.75) is 33.2 Å². The van der Waals surface area contributed by atoms with Gasteiger partial charge in [0.1, 0.15) is 12.4 Å². The second kappa shape index (κ2) is 7.40. The Hall–Kier alpha value is -2.80. The van der Waals surface area contributed by atoms with Crippen LogP contribution < -0.4 is 10.3 Å². The van der Waals surface area contributed by atoms with E-state index in [4.69, 9.17) is 4.74 Å². The maximum absolute atomic E-state index is 12.3. The minimum Gasteiger partial charge on any atom is -0.486 e. The second-order valence-electron chi connectivity index (χ2n) is 6.49. The minimum absolute atomic E-state index is 0.0216. The third-order valence-corrected chi connectivity index (χ3v) is 4.04. The molecule has 1 heterocycles. The number of carbonyl (C=O) groups excluding carboxylic acids is 1. The number of pyridine rings is 1. The number of ketones is 1. The molecule has 0 bridgehead atoms. The van der Waals surface area contributed by atoms with Gasteiger partial charge in [-0.3, -0.25) is 9.59 Å². The molecule has 0 N–H and O–H groups in total. The van der Waals surface area contributed by atoms with Gasteiger partial charge in [-0.15, -0.1) is 0 Å². The van der Waals surface area contributed by atoms with Crippen LogP contribution in [0.15, 0.2) is 41.2 Å². The summed E-state index contributed by atoms with van der Waals surface area (Å²) in [4.78, 5) is 23.3. The Bertz CT molecular complexity index is 893. The molecule has 0 spiro atoms. The average molecular weight is 335 g/mol. The molecule has 0 atom stereocenters. The Balaban J connectivity index is 1.72. The Morgan fingerprint density at radius 1 is 1.24 bits per heavy atom. The van der Waals surface area contributed by atoms with Crippen molar-refractivity contribution in [2.75, 3.05) is 6.61 Å². The van der Waals surface area contributed by atoms with Gasteiger partial charge < -0.3 is 9.30 Å². The zero-order valence-corrected chi connectivity index (χ0v) is 14.5. The fourth-order valence-corrected chi connectivity index (χ4v) is 2.46. The van der Waals surface area contributed by atoms with Gasteiger partial charge in [0.25, 0.3) is 5.56 Å². The first kappa shape index (κ1) is 17.0. The van der Waals surface area contributed by atoms with Gasteiger partial charge in [-0.05, 0) is 50.5 Å². The summed E-state index contributed by atoms with van der Waals surface area (Å²) in [6.45, 7) is 3.78. The molecule has 0 radical (unpaired) electrons. The number of benzene rings is 1. The highest BCUT2D eigenvalue weighted by molar-refractivity contribution is 5.77. The van der Waals surface area contributed by atoms with Gasteiger partial charge in [0, 0.05) is 23.2 Å². The molecule has 1 aliphatic rings. The number of hydrogen-bond donors (Lipinski definition) is 0. The van der Waals surface area contributed by atoms with Crippen LogP contribution in [0.5, 0.6) is 5.75 Å². The van der Waals surface area contributed by atoms with Crippen LogP contribution in [-0.4, -0.2) is 17.0 Å². The molecule has 0 aliphatic heterocycles. The molecule has 0 unspecified atom stereocenters. The van der Waals surface area contributed by atoms with Crippen LogP contribution >= 0.6 is 0 Å². The van der Waals surface area contributed by atoms with Crippen molar-refractivity contribution in [3.8, 4) is 17.6 Å². The van der Waals surface area contributed by atoms with E-state index in [1.807, 2.05) is 31.2 Å². The zero-order valence-electron chi connectivity index (χ0n) is 14.5. The molecule has 1 fully saturated rings. The molecule has 4 heteroatoms. The normalized spacial score (nSPS) is 13.0. The van der Waals surface area contributed by atoms with E-state index in [1.54, 1.807) is 10.6 Å². The number of Topliss-reactive ketones (excluding diaryl/α,β-unsaturated/α-hetero) is 1. The summed E-state index contributed by atoms with van der Waals surface area (Å²) in [6, 6.07) is 11.2. The van der Waals surface area contributed by atoms with Gasteiger partial charge in [-0.25, -0.2) is 0 Å². The smallest absolute Gasteiger partial charge is 0.254 e. The maximum atomic E-state index is 12.3. The number of aromatic nitrogens is 1. The van der Waals surface area contributed by atoms with Crippen LogP contribution in [0.25, 0.3) is 0 Å². The van der Waals surface area contributed by atoms with Gasteiger partial charge in [-0.2, -0.15) is 0 Å². The summed E-state index contributed by atoms with van der Waals surface area (Å²) >= 11 is 0. The number of aryl methyl sites for hydroxylation is 1. The molecule has 1 aliphatic carbocycles. The SMILES string of the molecule is CC(=O)COc1cc(C)n(Cc2ccc(C#CC3CC3)cc2)c(=O)c1. The number of nitrogens with zero attached hydrogens (tertiary/aromatic N) is 1. The number of hydrogen-bond acceptors (Lipinski definition) is 3. The van der Waals surface area contributed by atoms with Crippen LogP contribution in [-0.2, 0) is 11.3 Å². The van der Waals surface area contributed by atoms with Gasteiger partial charge in [-0.1, -0.05) is 24.0 Å². The van der Waals surface area contributed by atoms with E-state index >= 15 is 0 Å². The van der Waals surface area contributed by atoms with Crippen LogP contribution in [0.1, 0.15) is 36.6 Å². The average Bonchev–Trinajstić information content (AvgIpc) is 3.40. The maximum Gasteiger partial charge on any atom is 0.254 e. The lowest BCUT2D eigenvalue weighted by Crippen LogP contribution is -2.22. The lowest BCUT2D eigenvalue weighted by Gasteiger charge is -2.12. The highest BCUT2D eigenvalue weighted by atomic mass is 16.5. The third-order valence-electron chi connectivity index (χ3n) is 4.04. The molecule has 1 saturated carbocycles. The number of carbonyl (C=O) groups is 1. The lowest BCUT2D eigenvalue weighted by molar-refractivity contribution is -0.118. The quantitative estimate of drug-likeness (QED) is 0.790. The summed E-state index contributed by atoms with van der Waals surface area (Å²) in [6.07, 6.45) is 2.44. The van der Waals surface area contributed by atoms with Crippen molar-refractivity contribution in [1.29, 1.82) is 0 Å². The summed E-state index contributed by atoms with van der Waals surface area (Å²) in [7, 11) is 0. The van der Waals surface area contributed by atoms with Gasteiger partial charge in [0.15, 0.2) is 5.78 Å². The third kappa shape index (κ3) is 4.84. The Morgan fingerprint density at radius 2 is 1.96 bits per heavy atom. The summed E-state index contributed by atoms with van der Waals surface area (Å²) in [5, 5.41) is 0. The van der Waals surface area contributed by atoms with Gasteiger partial charge in [0.05, 0.1) is 6.54 Å². The Labute approximate surface area is 147 Å². The topological polar surface area (TPSA) is 48.3 Å². The summed E-state index contributed by atoms with van der Waals surface area (Å²) < 4.78 is 7.01. The molecule has 128 valence electrons.